The van der Waals surface area contributed by atoms with Crippen LogP contribution in [0.3, 0.4) is 0 Å². The zero-order valence-electron chi connectivity index (χ0n) is 10.4. The van der Waals surface area contributed by atoms with Crippen molar-refractivity contribution in [2.45, 2.75) is 13.3 Å². The molecule has 102 valence electrons. The van der Waals surface area contributed by atoms with Gasteiger partial charge in [0.05, 0.1) is 13.0 Å². The molecule has 0 saturated carbocycles. The first-order chi connectivity index (χ1) is 9.02. The highest BCUT2D eigenvalue weighted by Gasteiger charge is 2.08. The third-order valence-corrected chi connectivity index (χ3v) is 2.06. The normalized spacial score (nSPS) is 10.9. The molecule has 0 aliphatic heterocycles. The van der Waals surface area contributed by atoms with Crippen molar-refractivity contribution >= 4 is 17.7 Å². The van der Waals surface area contributed by atoms with Crippen LogP contribution in [0.2, 0.25) is 0 Å². The second-order valence-corrected chi connectivity index (χ2v) is 3.56. The first kappa shape index (κ1) is 14.6. The largest absolute Gasteiger partial charge is 0.460 e. The second kappa shape index (κ2) is 7.10. The van der Waals surface area contributed by atoms with Gasteiger partial charge in [0.15, 0.2) is 0 Å². The van der Waals surface area contributed by atoms with Gasteiger partial charge in [-0.3, -0.25) is 4.79 Å². The third kappa shape index (κ3) is 5.15. The zero-order valence-corrected chi connectivity index (χ0v) is 10.4. The Morgan fingerprint density at radius 3 is 2.58 bits per heavy atom. The van der Waals surface area contributed by atoms with Crippen LogP contribution in [0.5, 0.6) is 0 Å². The van der Waals surface area contributed by atoms with Gasteiger partial charge < -0.3 is 10.5 Å². The lowest BCUT2D eigenvalue weighted by molar-refractivity contribution is -0.135. The van der Waals surface area contributed by atoms with Gasteiger partial charge in [-0.25, -0.2) is 14.6 Å². The highest BCUT2D eigenvalue weighted by molar-refractivity contribution is 6.34. The van der Waals surface area contributed by atoms with Crippen molar-refractivity contribution in [2.75, 3.05) is 6.61 Å². The van der Waals surface area contributed by atoms with Crippen LogP contribution < -0.4 is 11.2 Å². The number of halogens is 1. The molecule has 0 bridgehead atoms. The fourth-order valence-corrected chi connectivity index (χ4v) is 1.20. The summed E-state index contributed by atoms with van der Waals surface area (Å²) in [6.45, 7) is 1.79. The molecular formula is C12H14FN3O3. The van der Waals surface area contributed by atoms with Crippen LogP contribution in [0.25, 0.3) is 0 Å². The molecule has 1 aromatic carbocycles. The van der Waals surface area contributed by atoms with Crippen LogP contribution in [0.4, 0.5) is 4.39 Å². The molecular weight excluding hydrogens is 253 g/mol. The second-order valence-electron chi connectivity index (χ2n) is 3.56. The number of amides is 1. The minimum atomic E-state index is -0.801. The lowest BCUT2D eigenvalue weighted by Gasteiger charge is -2.02. The zero-order chi connectivity index (χ0) is 14.3. The molecule has 0 radical (unpaired) electrons. The number of nitrogens with one attached hydrogen (secondary N) is 1. The van der Waals surface area contributed by atoms with E-state index in [2.05, 4.69) is 15.3 Å². The molecule has 0 spiro atoms. The van der Waals surface area contributed by atoms with Gasteiger partial charge in [-0.2, -0.15) is 0 Å². The van der Waals surface area contributed by atoms with Gasteiger partial charge in [0.25, 0.3) is 0 Å². The predicted molar refractivity (Wildman–Crippen MR) is 66.5 cm³/mol. The quantitative estimate of drug-likeness (QED) is 0.355. The van der Waals surface area contributed by atoms with Crippen LogP contribution in [0.15, 0.2) is 29.4 Å². The molecule has 0 aromatic heterocycles. The Bertz CT molecular complexity index is 485. The first-order valence-electron chi connectivity index (χ1n) is 5.56. The van der Waals surface area contributed by atoms with Gasteiger partial charge in [-0.15, -0.1) is 5.10 Å². The van der Waals surface area contributed by atoms with Crippen molar-refractivity contribution in [1.82, 2.24) is 5.43 Å². The van der Waals surface area contributed by atoms with E-state index in [4.69, 9.17) is 5.73 Å². The summed E-state index contributed by atoms with van der Waals surface area (Å²) in [4.78, 5) is 22.5. The molecule has 0 saturated heterocycles. The summed E-state index contributed by atoms with van der Waals surface area (Å²) >= 11 is 0. The molecule has 0 heterocycles. The lowest BCUT2D eigenvalue weighted by Crippen LogP contribution is -2.31. The molecule has 1 amide bonds. The summed E-state index contributed by atoms with van der Waals surface area (Å²) in [5.74, 6) is -2.09. The van der Waals surface area contributed by atoms with Crippen LogP contribution in [-0.2, 0) is 20.7 Å². The fraction of sp³-hybridized carbons (Fsp3) is 0.250. The van der Waals surface area contributed by atoms with Crippen molar-refractivity contribution in [3.8, 4) is 0 Å². The average molecular weight is 267 g/mol. The van der Waals surface area contributed by atoms with E-state index < -0.39 is 17.7 Å². The highest BCUT2D eigenvalue weighted by Crippen LogP contribution is 2.03. The summed E-state index contributed by atoms with van der Waals surface area (Å²) in [6.07, 6.45) is -0.000114. The van der Waals surface area contributed by atoms with Crippen molar-refractivity contribution < 1.29 is 18.7 Å². The SMILES string of the molecule is CCOC(=O)C(N)=NNC(=O)Cc1ccc(F)cc1. The minimum Gasteiger partial charge on any atom is -0.460 e. The van der Waals surface area contributed by atoms with Gasteiger partial charge in [0.2, 0.25) is 11.7 Å². The van der Waals surface area contributed by atoms with Crippen LogP contribution in [-0.4, -0.2) is 24.3 Å². The van der Waals surface area contributed by atoms with E-state index in [0.717, 1.165) is 0 Å². The lowest BCUT2D eigenvalue weighted by atomic mass is 10.1. The first-order valence-corrected chi connectivity index (χ1v) is 5.56. The van der Waals surface area contributed by atoms with E-state index in [1.165, 1.54) is 24.3 Å². The average Bonchev–Trinajstić information content (AvgIpc) is 2.39. The van der Waals surface area contributed by atoms with E-state index in [0.29, 0.717) is 5.56 Å². The molecule has 0 aliphatic carbocycles. The van der Waals surface area contributed by atoms with Gasteiger partial charge >= 0.3 is 5.97 Å². The summed E-state index contributed by atoms with van der Waals surface area (Å²) < 4.78 is 17.2. The highest BCUT2D eigenvalue weighted by atomic mass is 19.1. The molecule has 0 aliphatic rings. The maximum Gasteiger partial charge on any atom is 0.375 e. The van der Waals surface area contributed by atoms with Gasteiger partial charge in [0, 0.05) is 0 Å². The van der Waals surface area contributed by atoms with Crippen molar-refractivity contribution in [1.29, 1.82) is 0 Å². The Kier molecular flexibility index (Phi) is 5.46. The molecule has 1 rings (SSSR count). The predicted octanol–water partition coefficient (Wildman–Crippen LogP) is 0.320. The summed E-state index contributed by atoms with van der Waals surface area (Å²) in [5, 5.41) is 3.40. The number of carbonyl (C=O) groups is 2. The monoisotopic (exact) mass is 267 g/mol. The molecule has 0 atom stereocenters. The van der Waals surface area contributed by atoms with E-state index in [1.807, 2.05) is 0 Å². The number of hydrogen-bond donors (Lipinski definition) is 2. The number of nitrogens with zero attached hydrogens (tertiary/aromatic N) is 1. The number of benzene rings is 1. The number of ether oxygens (including phenoxy) is 1. The summed E-state index contributed by atoms with van der Waals surface area (Å²) in [7, 11) is 0. The standard InChI is InChI=1S/C12H14FN3O3/c1-2-19-12(18)11(14)16-15-10(17)7-8-3-5-9(13)6-4-8/h3-6H,2,7H2,1H3,(H2,14,16)(H,15,17). The maximum absolute atomic E-state index is 12.6. The Morgan fingerprint density at radius 2 is 2.00 bits per heavy atom. The molecule has 19 heavy (non-hydrogen) atoms. The summed E-state index contributed by atoms with van der Waals surface area (Å²) in [5.41, 5.74) is 8.00. The molecule has 1 aromatic rings. The fourth-order valence-electron chi connectivity index (χ4n) is 1.20. The van der Waals surface area contributed by atoms with Crippen LogP contribution in [0.1, 0.15) is 12.5 Å². The number of hydrogen-bond acceptors (Lipinski definition) is 4. The molecule has 7 heteroatoms. The van der Waals surface area contributed by atoms with Gasteiger partial charge in [0.1, 0.15) is 5.82 Å². The molecule has 3 N–H and O–H groups in total. The number of carbonyl (C=O) groups excluding carboxylic acids is 2. The van der Waals surface area contributed by atoms with Gasteiger partial charge in [-0.1, -0.05) is 12.1 Å². The number of hydrazone groups is 1. The number of rotatable bonds is 4. The smallest absolute Gasteiger partial charge is 0.375 e. The number of esters is 1. The molecule has 6 nitrogen and oxygen atoms in total. The third-order valence-electron chi connectivity index (χ3n) is 2.06. The topological polar surface area (TPSA) is 93.8 Å². The van der Waals surface area contributed by atoms with Crippen LogP contribution >= 0.6 is 0 Å². The summed E-state index contributed by atoms with van der Waals surface area (Å²) in [6, 6.07) is 5.46. The maximum atomic E-state index is 12.6. The molecule has 0 fully saturated rings. The van der Waals surface area contributed by atoms with Crippen molar-refractivity contribution in [3.63, 3.8) is 0 Å². The Labute approximate surface area is 109 Å². The van der Waals surface area contributed by atoms with E-state index in [9.17, 15) is 14.0 Å². The van der Waals surface area contributed by atoms with Gasteiger partial charge in [-0.05, 0) is 24.6 Å². The Morgan fingerprint density at radius 1 is 1.37 bits per heavy atom. The van der Waals surface area contributed by atoms with E-state index in [-0.39, 0.29) is 18.8 Å². The number of amidine groups is 1. The van der Waals surface area contributed by atoms with Crippen LogP contribution in [0, 0.1) is 5.82 Å². The van der Waals surface area contributed by atoms with Crippen molar-refractivity contribution in [2.24, 2.45) is 10.8 Å². The molecule has 0 unspecified atom stereocenters. The minimum absolute atomic E-state index is 0.000114. The number of nitrogens with two attached hydrogens (primary N) is 1. The Balaban J connectivity index is 2.49. The van der Waals surface area contributed by atoms with E-state index >= 15 is 0 Å². The Hall–Kier alpha value is -2.44. The van der Waals surface area contributed by atoms with Crippen molar-refractivity contribution in [3.05, 3.63) is 35.6 Å². The van der Waals surface area contributed by atoms with E-state index in [1.54, 1.807) is 6.92 Å².